The van der Waals surface area contributed by atoms with Crippen LogP contribution in [0.3, 0.4) is 0 Å². The number of aromatic nitrogens is 2. The molecule has 16 heavy (non-hydrogen) atoms. The van der Waals surface area contributed by atoms with Gasteiger partial charge in [-0.2, -0.15) is 0 Å². The fraction of sp³-hybridized carbons (Fsp3) is 0.600. The van der Waals surface area contributed by atoms with Gasteiger partial charge in [0.05, 0.1) is 6.61 Å². The lowest BCUT2D eigenvalue weighted by Gasteiger charge is -2.06. The molecule has 0 aliphatic rings. The van der Waals surface area contributed by atoms with Crippen LogP contribution in [0.5, 0.6) is 5.88 Å². The third kappa shape index (κ3) is 4.57. The smallest absolute Gasteiger partial charge is 0.218 e. The number of nitrogens with one attached hydrogen (secondary N) is 1. The monoisotopic (exact) mass is 243 g/mol. The molecule has 1 atom stereocenters. The van der Waals surface area contributed by atoms with Crippen molar-refractivity contribution in [3.63, 3.8) is 0 Å². The number of rotatable bonds is 7. The first-order valence-electron chi connectivity index (χ1n) is 5.30. The van der Waals surface area contributed by atoms with Gasteiger partial charge in [-0.15, -0.1) is 0 Å². The summed E-state index contributed by atoms with van der Waals surface area (Å²) in [4.78, 5) is 8.00. The highest BCUT2D eigenvalue weighted by Gasteiger charge is 1.99. The summed E-state index contributed by atoms with van der Waals surface area (Å²) in [5, 5.41) is 3.08. The van der Waals surface area contributed by atoms with E-state index in [1.165, 1.54) is 6.33 Å². The van der Waals surface area contributed by atoms with Crippen LogP contribution in [0, 0.1) is 0 Å². The van der Waals surface area contributed by atoms with Crippen LogP contribution < -0.4 is 10.1 Å². The van der Waals surface area contributed by atoms with Crippen molar-refractivity contribution in [2.24, 2.45) is 0 Å². The molecule has 0 saturated heterocycles. The Kier molecular flexibility index (Phi) is 5.77. The molecule has 0 aliphatic heterocycles. The molecule has 0 amide bonds. The summed E-state index contributed by atoms with van der Waals surface area (Å²) in [7, 11) is -0.747. The van der Waals surface area contributed by atoms with Crippen molar-refractivity contribution in [1.29, 1.82) is 0 Å². The molecule has 0 fully saturated rings. The number of hydrogen-bond donors (Lipinski definition) is 1. The van der Waals surface area contributed by atoms with Crippen molar-refractivity contribution in [1.82, 2.24) is 9.97 Å². The van der Waals surface area contributed by atoms with Gasteiger partial charge in [0.1, 0.15) is 12.1 Å². The minimum Gasteiger partial charge on any atom is -0.478 e. The van der Waals surface area contributed by atoms with E-state index in [-0.39, 0.29) is 0 Å². The van der Waals surface area contributed by atoms with E-state index in [1.54, 1.807) is 6.07 Å². The Bertz CT molecular complexity index is 347. The third-order valence-electron chi connectivity index (χ3n) is 1.89. The molecule has 0 saturated carbocycles. The van der Waals surface area contributed by atoms with Gasteiger partial charge >= 0.3 is 0 Å². The summed E-state index contributed by atoms with van der Waals surface area (Å²) in [6.07, 6.45) is 1.45. The summed E-state index contributed by atoms with van der Waals surface area (Å²) in [5.41, 5.74) is 0. The van der Waals surface area contributed by atoms with Crippen LogP contribution in [0.15, 0.2) is 12.4 Å². The Labute approximate surface area is 98.1 Å². The fourth-order valence-electron chi connectivity index (χ4n) is 1.10. The molecular weight excluding hydrogens is 226 g/mol. The lowest BCUT2D eigenvalue weighted by atomic mass is 10.5. The van der Waals surface area contributed by atoms with Gasteiger partial charge in [-0.05, 0) is 6.92 Å². The van der Waals surface area contributed by atoms with Gasteiger partial charge in [0.25, 0.3) is 0 Å². The van der Waals surface area contributed by atoms with Crippen LogP contribution >= 0.6 is 0 Å². The molecule has 90 valence electrons. The molecule has 5 nitrogen and oxygen atoms in total. The Hall–Kier alpha value is -1.17. The van der Waals surface area contributed by atoms with Crippen LogP contribution in [0.25, 0.3) is 0 Å². The zero-order valence-corrected chi connectivity index (χ0v) is 10.4. The SMILES string of the molecule is CCOc1cc(NCCS(=O)CC)ncn1. The average Bonchev–Trinajstić information content (AvgIpc) is 2.30. The number of ether oxygens (including phenoxy) is 1. The molecule has 6 heteroatoms. The maximum atomic E-state index is 11.2. The zero-order chi connectivity index (χ0) is 11.8. The van der Waals surface area contributed by atoms with Crippen LogP contribution in [0.2, 0.25) is 0 Å². The molecule has 1 N–H and O–H groups in total. The van der Waals surface area contributed by atoms with E-state index in [0.29, 0.717) is 36.4 Å². The van der Waals surface area contributed by atoms with Crippen molar-refractivity contribution in [2.45, 2.75) is 13.8 Å². The van der Waals surface area contributed by atoms with Crippen LogP contribution in [0.4, 0.5) is 5.82 Å². The quantitative estimate of drug-likeness (QED) is 0.775. The minimum absolute atomic E-state index is 0.552. The zero-order valence-electron chi connectivity index (χ0n) is 9.60. The lowest BCUT2D eigenvalue weighted by Crippen LogP contribution is -2.12. The van der Waals surface area contributed by atoms with E-state index < -0.39 is 10.8 Å². The third-order valence-corrected chi connectivity index (χ3v) is 3.20. The Morgan fingerprint density at radius 3 is 2.94 bits per heavy atom. The predicted octanol–water partition coefficient (Wildman–Crippen LogP) is 1.06. The molecule has 0 bridgehead atoms. The first-order chi connectivity index (χ1) is 7.76. The Morgan fingerprint density at radius 2 is 2.25 bits per heavy atom. The fourth-order valence-corrected chi connectivity index (χ4v) is 1.72. The largest absolute Gasteiger partial charge is 0.478 e. The minimum atomic E-state index is -0.747. The van der Waals surface area contributed by atoms with E-state index >= 15 is 0 Å². The Balaban J connectivity index is 2.41. The van der Waals surface area contributed by atoms with Gasteiger partial charge in [0.2, 0.25) is 5.88 Å². The van der Waals surface area contributed by atoms with Gasteiger partial charge < -0.3 is 10.1 Å². The normalized spacial score (nSPS) is 12.1. The van der Waals surface area contributed by atoms with E-state index in [9.17, 15) is 4.21 Å². The molecule has 0 radical (unpaired) electrons. The molecule has 1 heterocycles. The highest BCUT2D eigenvalue weighted by Crippen LogP contribution is 2.10. The summed E-state index contributed by atoms with van der Waals surface area (Å²) in [5.74, 6) is 2.57. The molecule has 1 aromatic heterocycles. The summed E-state index contributed by atoms with van der Waals surface area (Å²) in [6, 6.07) is 1.73. The molecule has 0 spiro atoms. The second-order valence-electron chi connectivity index (χ2n) is 3.03. The molecule has 1 unspecified atom stereocenters. The van der Waals surface area contributed by atoms with Gasteiger partial charge in [0.15, 0.2) is 0 Å². The first-order valence-corrected chi connectivity index (χ1v) is 6.78. The second kappa shape index (κ2) is 7.16. The van der Waals surface area contributed by atoms with Crippen molar-refractivity contribution < 1.29 is 8.95 Å². The van der Waals surface area contributed by atoms with E-state index in [1.807, 2.05) is 13.8 Å². The second-order valence-corrected chi connectivity index (χ2v) is 4.90. The van der Waals surface area contributed by atoms with Gasteiger partial charge in [-0.1, -0.05) is 6.92 Å². The van der Waals surface area contributed by atoms with Crippen LogP contribution in [-0.4, -0.2) is 38.8 Å². The first kappa shape index (κ1) is 12.9. The van der Waals surface area contributed by atoms with Crippen LogP contribution in [-0.2, 0) is 10.8 Å². The summed E-state index contributed by atoms with van der Waals surface area (Å²) < 4.78 is 16.4. The van der Waals surface area contributed by atoms with Crippen LogP contribution in [0.1, 0.15) is 13.8 Å². The molecular formula is C10H17N3O2S. The number of nitrogens with zero attached hydrogens (tertiary/aromatic N) is 2. The molecule has 1 aromatic rings. The van der Waals surface area contributed by atoms with Crippen molar-refractivity contribution >= 4 is 16.6 Å². The Morgan fingerprint density at radius 1 is 1.44 bits per heavy atom. The molecule has 0 aromatic carbocycles. The maximum absolute atomic E-state index is 11.2. The number of hydrogen-bond acceptors (Lipinski definition) is 5. The van der Waals surface area contributed by atoms with E-state index in [4.69, 9.17) is 4.74 Å². The van der Waals surface area contributed by atoms with E-state index in [0.717, 1.165) is 0 Å². The maximum Gasteiger partial charge on any atom is 0.218 e. The highest BCUT2D eigenvalue weighted by molar-refractivity contribution is 7.84. The summed E-state index contributed by atoms with van der Waals surface area (Å²) in [6.45, 7) is 5.03. The molecule has 0 aliphatic carbocycles. The lowest BCUT2D eigenvalue weighted by molar-refractivity contribution is 0.326. The van der Waals surface area contributed by atoms with Gasteiger partial charge in [-0.3, -0.25) is 4.21 Å². The number of anilines is 1. The molecule has 1 rings (SSSR count). The summed E-state index contributed by atoms with van der Waals surface area (Å²) >= 11 is 0. The topological polar surface area (TPSA) is 64.1 Å². The van der Waals surface area contributed by atoms with Crippen molar-refractivity contribution in [3.8, 4) is 5.88 Å². The van der Waals surface area contributed by atoms with E-state index in [2.05, 4.69) is 15.3 Å². The highest BCUT2D eigenvalue weighted by atomic mass is 32.2. The van der Waals surface area contributed by atoms with Crippen molar-refractivity contribution in [3.05, 3.63) is 12.4 Å². The average molecular weight is 243 g/mol. The standard InChI is InChI=1S/C10H17N3O2S/c1-3-15-10-7-9(12-8-13-10)11-5-6-16(14)4-2/h7-8H,3-6H2,1-2H3,(H,11,12,13). The van der Waals surface area contributed by atoms with Gasteiger partial charge in [-0.25, -0.2) is 9.97 Å². The van der Waals surface area contributed by atoms with Gasteiger partial charge in [0, 0.05) is 34.9 Å². The van der Waals surface area contributed by atoms with Crippen molar-refractivity contribution in [2.75, 3.05) is 30.0 Å². The predicted molar refractivity (Wildman–Crippen MR) is 65.2 cm³/mol.